The largest absolute Gasteiger partial charge is 0.338 e. The molecule has 23 heavy (non-hydrogen) atoms. The molecule has 7 heteroatoms. The fourth-order valence-electron chi connectivity index (χ4n) is 2.37. The lowest BCUT2D eigenvalue weighted by atomic mass is 10.3. The van der Waals surface area contributed by atoms with Gasteiger partial charge in [-0.25, -0.2) is 4.68 Å². The lowest BCUT2D eigenvalue weighted by Gasteiger charge is -1.99. The van der Waals surface area contributed by atoms with Crippen LogP contribution in [0.4, 0.5) is 0 Å². The Balaban J connectivity index is 1.39. The fraction of sp³-hybridized carbons (Fsp3) is 0.312. The van der Waals surface area contributed by atoms with Gasteiger partial charge in [-0.05, 0) is 25.0 Å². The number of aromatic nitrogens is 4. The summed E-state index contributed by atoms with van der Waals surface area (Å²) in [6.07, 6.45) is 5.90. The summed E-state index contributed by atoms with van der Waals surface area (Å²) < 4.78 is 19.2. The quantitative estimate of drug-likeness (QED) is 0.695. The van der Waals surface area contributed by atoms with Gasteiger partial charge in [-0.1, -0.05) is 23.4 Å². The van der Waals surface area contributed by atoms with E-state index in [0.29, 0.717) is 17.6 Å². The minimum absolute atomic E-state index is 0.288. The Kier molecular flexibility index (Phi) is 3.78. The average molecular weight is 328 g/mol. The molecule has 3 aromatic rings. The van der Waals surface area contributed by atoms with Gasteiger partial charge < -0.3 is 4.52 Å². The van der Waals surface area contributed by atoms with Crippen molar-refractivity contribution in [2.75, 3.05) is 0 Å². The summed E-state index contributed by atoms with van der Waals surface area (Å²) in [6, 6.07) is 9.84. The van der Waals surface area contributed by atoms with Crippen LogP contribution in [-0.4, -0.2) is 24.1 Å². The van der Waals surface area contributed by atoms with E-state index in [1.54, 1.807) is 10.9 Å². The zero-order valence-electron chi connectivity index (χ0n) is 12.5. The van der Waals surface area contributed by atoms with Gasteiger partial charge in [-0.15, -0.1) is 0 Å². The molecule has 1 fully saturated rings. The first-order valence-corrected chi connectivity index (χ1v) is 9.03. The second-order valence-corrected chi connectivity index (χ2v) is 7.13. The third-order valence-electron chi connectivity index (χ3n) is 3.70. The smallest absolute Gasteiger partial charge is 0.239 e. The number of rotatable bonds is 6. The molecule has 0 saturated heterocycles. The van der Waals surface area contributed by atoms with Crippen molar-refractivity contribution in [2.45, 2.75) is 30.3 Å². The summed E-state index contributed by atoms with van der Waals surface area (Å²) in [6.45, 7) is 0. The number of hydrogen-bond donors (Lipinski definition) is 0. The summed E-state index contributed by atoms with van der Waals surface area (Å²) in [7, 11) is -1.09. The van der Waals surface area contributed by atoms with E-state index in [1.165, 1.54) is 0 Å². The summed E-state index contributed by atoms with van der Waals surface area (Å²) in [5, 5.41) is 8.26. The van der Waals surface area contributed by atoms with E-state index in [1.807, 2.05) is 36.5 Å². The topological polar surface area (TPSA) is 73.8 Å². The first-order valence-electron chi connectivity index (χ1n) is 7.54. The van der Waals surface area contributed by atoms with Gasteiger partial charge in [0.05, 0.1) is 17.6 Å². The first kappa shape index (κ1) is 14.3. The van der Waals surface area contributed by atoms with Crippen LogP contribution in [0.15, 0.2) is 47.2 Å². The Morgan fingerprint density at radius 2 is 2.04 bits per heavy atom. The van der Waals surface area contributed by atoms with Crippen LogP contribution in [0.3, 0.4) is 0 Å². The third kappa shape index (κ3) is 3.39. The van der Waals surface area contributed by atoms with Crippen molar-refractivity contribution in [1.82, 2.24) is 19.9 Å². The van der Waals surface area contributed by atoms with E-state index in [-0.39, 0.29) is 5.75 Å². The molecule has 0 unspecified atom stereocenters. The highest BCUT2D eigenvalue weighted by Crippen LogP contribution is 2.38. The first-order chi connectivity index (χ1) is 11.3. The number of para-hydroxylation sites is 1. The van der Waals surface area contributed by atoms with Crippen molar-refractivity contribution in [1.29, 1.82) is 0 Å². The van der Waals surface area contributed by atoms with Crippen LogP contribution in [-0.2, 0) is 22.3 Å². The van der Waals surface area contributed by atoms with Crippen LogP contribution in [0.5, 0.6) is 0 Å². The van der Waals surface area contributed by atoms with Crippen molar-refractivity contribution < 1.29 is 8.73 Å². The average Bonchev–Trinajstić information content (AvgIpc) is 3.14. The van der Waals surface area contributed by atoms with Crippen molar-refractivity contribution in [2.24, 2.45) is 0 Å². The lowest BCUT2D eigenvalue weighted by molar-refractivity contribution is 0.384. The number of hydrogen-bond acceptors (Lipinski definition) is 5. The molecule has 1 aromatic carbocycles. The summed E-state index contributed by atoms with van der Waals surface area (Å²) in [4.78, 5) is 4.31. The minimum atomic E-state index is -1.09. The van der Waals surface area contributed by atoms with Gasteiger partial charge in [0.15, 0.2) is 5.82 Å². The maximum Gasteiger partial charge on any atom is 0.239 e. The van der Waals surface area contributed by atoms with Crippen LogP contribution in [0.25, 0.3) is 5.69 Å². The van der Waals surface area contributed by atoms with Crippen LogP contribution < -0.4 is 0 Å². The monoisotopic (exact) mass is 328 g/mol. The Morgan fingerprint density at radius 3 is 2.83 bits per heavy atom. The molecule has 1 atom stereocenters. The number of benzene rings is 1. The molecule has 2 aromatic heterocycles. The molecule has 0 amide bonds. The zero-order valence-corrected chi connectivity index (χ0v) is 13.3. The van der Waals surface area contributed by atoms with Gasteiger partial charge in [0.2, 0.25) is 5.89 Å². The summed E-state index contributed by atoms with van der Waals surface area (Å²) in [5.74, 6) is 2.38. The van der Waals surface area contributed by atoms with Crippen LogP contribution >= 0.6 is 0 Å². The van der Waals surface area contributed by atoms with Gasteiger partial charge in [0, 0.05) is 28.5 Å². The highest BCUT2D eigenvalue weighted by atomic mass is 32.2. The Morgan fingerprint density at radius 1 is 1.22 bits per heavy atom. The molecule has 0 bridgehead atoms. The third-order valence-corrected chi connectivity index (χ3v) is 4.92. The van der Waals surface area contributed by atoms with Crippen molar-refractivity contribution in [3.05, 3.63) is 60.0 Å². The SMILES string of the molecule is O=[S@@](Cc1cnn(-c2ccccc2)c1)Cc1nc(C2CC2)no1. The second-order valence-electron chi connectivity index (χ2n) is 5.68. The maximum atomic E-state index is 12.3. The van der Waals surface area contributed by atoms with E-state index in [2.05, 4.69) is 15.2 Å². The zero-order chi connectivity index (χ0) is 15.6. The molecule has 0 radical (unpaired) electrons. The summed E-state index contributed by atoms with van der Waals surface area (Å²) in [5.41, 5.74) is 1.91. The predicted octanol–water partition coefficient (Wildman–Crippen LogP) is 2.58. The Labute approximate surface area is 136 Å². The molecule has 1 aliphatic carbocycles. The van der Waals surface area contributed by atoms with E-state index in [9.17, 15) is 4.21 Å². The van der Waals surface area contributed by atoms with E-state index in [4.69, 9.17) is 4.52 Å². The number of nitrogens with zero attached hydrogens (tertiary/aromatic N) is 4. The molecule has 4 rings (SSSR count). The normalized spacial score (nSPS) is 15.7. The highest BCUT2D eigenvalue weighted by Gasteiger charge is 2.28. The molecule has 118 valence electrons. The molecule has 0 aliphatic heterocycles. The maximum absolute atomic E-state index is 12.3. The van der Waals surface area contributed by atoms with Gasteiger partial charge in [0.25, 0.3) is 0 Å². The standard InChI is InChI=1S/C16H16N4O2S/c21-23(11-15-18-16(19-22-15)13-6-7-13)10-12-8-17-20(9-12)14-4-2-1-3-5-14/h1-5,8-9,13H,6-7,10-11H2/t23-/m0/s1. The van der Waals surface area contributed by atoms with Gasteiger partial charge in [-0.2, -0.15) is 10.1 Å². The Hall–Kier alpha value is -2.28. The van der Waals surface area contributed by atoms with E-state index >= 15 is 0 Å². The van der Waals surface area contributed by atoms with Gasteiger partial charge in [-0.3, -0.25) is 4.21 Å². The Bertz CT molecular complexity index is 823. The molecule has 1 saturated carbocycles. The van der Waals surface area contributed by atoms with Gasteiger partial charge >= 0.3 is 0 Å². The molecule has 2 heterocycles. The van der Waals surface area contributed by atoms with Gasteiger partial charge in [0.1, 0.15) is 5.75 Å². The van der Waals surface area contributed by atoms with E-state index in [0.717, 1.165) is 29.9 Å². The molecular weight excluding hydrogens is 312 g/mol. The van der Waals surface area contributed by atoms with Crippen molar-refractivity contribution >= 4 is 10.8 Å². The predicted molar refractivity (Wildman–Crippen MR) is 85.4 cm³/mol. The van der Waals surface area contributed by atoms with Crippen LogP contribution in [0.1, 0.15) is 36.0 Å². The molecule has 0 N–H and O–H groups in total. The van der Waals surface area contributed by atoms with Crippen molar-refractivity contribution in [3.8, 4) is 5.69 Å². The minimum Gasteiger partial charge on any atom is -0.338 e. The molecule has 6 nitrogen and oxygen atoms in total. The second kappa shape index (κ2) is 6.08. The summed E-state index contributed by atoms with van der Waals surface area (Å²) >= 11 is 0. The van der Waals surface area contributed by atoms with E-state index < -0.39 is 10.8 Å². The molecule has 1 aliphatic rings. The fourth-order valence-corrected chi connectivity index (χ4v) is 3.38. The molecule has 0 spiro atoms. The van der Waals surface area contributed by atoms with Crippen molar-refractivity contribution in [3.63, 3.8) is 0 Å². The van der Waals surface area contributed by atoms with Crippen LogP contribution in [0, 0.1) is 0 Å². The highest BCUT2D eigenvalue weighted by molar-refractivity contribution is 7.83. The van der Waals surface area contributed by atoms with Crippen LogP contribution in [0.2, 0.25) is 0 Å². The molecular formula is C16H16N4O2S. The lowest BCUT2D eigenvalue weighted by Crippen LogP contribution is -1.99.